The van der Waals surface area contributed by atoms with Gasteiger partial charge < -0.3 is 4.90 Å². The van der Waals surface area contributed by atoms with Gasteiger partial charge in [-0.05, 0) is 18.8 Å². The number of hydrogen-bond acceptors (Lipinski definition) is 1. The summed E-state index contributed by atoms with van der Waals surface area (Å²) in [7, 11) is 0. The van der Waals surface area contributed by atoms with Crippen molar-refractivity contribution in [3.8, 4) is 0 Å². The third-order valence-electron chi connectivity index (χ3n) is 2.61. The van der Waals surface area contributed by atoms with Crippen LogP contribution in [0.5, 0.6) is 0 Å². The van der Waals surface area contributed by atoms with Crippen LogP contribution in [0.4, 0.5) is 0 Å². The molecule has 0 aliphatic rings. The number of nitrogens with zero attached hydrogens (tertiary/aromatic N) is 1. The van der Waals surface area contributed by atoms with Crippen LogP contribution in [0.1, 0.15) is 47.0 Å². The molecule has 2 nitrogen and oxygen atoms in total. The molecular formula is C12H24BrNO. The van der Waals surface area contributed by atoms with Gasteiger partial charge in [0.05, 0.1) is 0 Å². The van der Waals surface area contributed by atoms with Crippen molar-refractivity contribution in [3.63, 3.8) is 0 Å². The number of halogens is 1. The Bertz CT molecular complexity index is 178. The minimum atomic E-state index is 0.304. The summed E-state index contributed by atoms with van der Waals surface area (Å²) < 4.78 is 0. The molecule has 15 heavy (non-hydrogen) atoms. The van der Waals surface area contributed by atoms with Gasteiger partial charge in [-0.2, -0.15) is 0 Å². The summed E-state index contributed by atoms with van der Waals surface area (Å²) in [5.41, 5.74) is 0. The first-order chi connectivity index (χ1) is 7.06. The van der Waals surface area contributed by atoms with E-state index in [0.717, 1.165) is 24.7 Å². The van der Waals surface area contributed by atoms with Crippen LogP contribution in [0.25, 0.3) is 0 Å². The number of carbonyl (C=O) groups excluding carboxylic acids is 1. The van der Waals surface area contributed by atoms with Gasteiger partial charge in [-0.15, -0.1) is 0 Å². The monoisotopic (exact) mass is 277 g/mol. The van der Waals surface area contributed by atoms with E-state index >= 15 is 0 Å². The van der Waals surface area contributed by atoms with E-state index in [1.807, 2.05) is 4.90 Å². The predicted octanol–water partition coefficient (Wildman–Crippen LogP) is 3.44. The number of rotatable bonds is 7. The third kappa shape index (κ3) is 5.55. The van der Waals surface area contributed by atoms with E-state index in [4.69, 9.17) is 0 Å². The van der Waals surface area contributed by atoms with Crippen LogP contribution in [0.3, 0.4) is 0 Å². The summed E-state index contributed by atoms with van der Waals surface area (Å²) in [6.45, 7) is 9.32. The lowest BCUT2D eigenvalue weighted by Crippen LogP contribution is -2.41. The second-order valence-corrected chi connectivity index (χ2v) is 5.14. The Kier molecular flexibility index (Phi) is 8.12. The van der Waals surface area contributed by atoms with Gasteiger partial charge in [-0.3, -0.25) is 4.79 Å². The minimum absolute atomic E-state index is 0.304. The standard InChI is InChI=1S/C12H24BrNO/c1-5-11(6-2)14(8-7-13)12(15)9-10(3)4/h10-11H,5-9H2,1-4H3. The average molecular weight is 278 g/mol. The molecule has 0 radical (unpaired) electrons. The highest BCUT2D eigenvalue weighted by molar-refractivity contribution is 9.09. The molecule has 0 spiro atoms. The van der Waals surface area contributed by atoms with Gasteiger partial charge in [0.1, 0.15) is 0 Å². The zero-order valence-electron chi connectivity index (χ0n) is 10.4. The van der Waals surface area contributed by atoms with Crippen LogP contribution >= 0.6 is 15.9 Å². The zero-order chi connectivity index (χ0) is 11.8. The van der Waals surface area contributed by atoms with E-state index < -0.39 is 0 Å². The van der Waals surface area contributed by atoms with E-state index in [9.17, 15) is 4.79 Å². The van der Waals surface area contributed by atoms with E-state index in [2.05, 4.69) is 43.6 Å². The van der Waals surface area contributed by atoms with Gasteiger partial charge in [0.15, 0.2) is 0 Å². The fourth-order valence-electron chi connectivity index (χ4n) is 1.80. The first kappa shape index (κ1) is 14.9. The van der Waals surface area contributed by atoms with E-state index in [-0.39, 0.29) is 0 Å². The molecule has 1 amide bonds. The Morgan fingerprint density at radius 3 is 2.13 bits per heavy atom. The zero-order valence-corrected chi connectivity index (χ0v) is 12.0. The summed E-state index contributed by atoms with van der Waals surface area (Å²) in [6.07, 6.45) is 2.77. The Hall–Kier alpha value is -0.0500. The van der Waals surface area contributed by atoms with Crippen LogP contribution in [-0.4, -0.2) is 28.7 Å². The maximum atomic E-state index is 12.0. The number of carbonyl (C=O) groups is 1. The molecule has 0 saturated carbocycles. The Morgan fingerprint density at radius 1 is 1.27 bits per heavy atom. The average Bonchev–Trinajstić information content (AvgIpc) is 2.17. The van der Waals surface area contributed by atoms with Gasteiger partial charge in [0, 0.05) is 24.3 Å². The van der Waals surface area contributed by atoms with Crippen molar-refractivity contribution in [2.75, 3.05) is 11.9 Å². The maximum Gasteiger partial charge on any atom is 0.223 e. The van der Waals surface area contributed by atoms with Crippen molar-refractivity contribution < 1.29 is 4.79 Å². The van der Waals surface area contributed by atoms with Crippen molar-refractivity contribution >= 4 is 21.8 Å². The number of hydrogen-bond donors (Lipinski definition) is 0. The van der Waals surface area contributed by atoms with Crippen LogP contribution in [-0.2, 0) is 4.79 Å². The summed E-state index contributed by atoms with van der Waals surface area (Å²) in [5, 5.41) is 0.868. The summed E-state index contributed by atoms with van der Waals surface area (Å²) in [6, 6.07) is 0.411. The predicted molar refractivity (Wildman–Crippen MR) is 69.3 cm³/mol. The van der Waals surface area contributed by atoms with Crippen molar-refractivity contribution in [3.05, 3.63) is 0 Å². The fourth-order valence-corrected chi connectivity index (χ4v) is 2.18. The van der Waals surface area contributed by atoms with Gasteiger partial charge in [-0.1, -0.05) is 43.6 Å². The van der Waals surface area contributed by atoms with E-state index in [0.29, 0.717) is 24.3 Å². The molecule has 0 aliphatic carbocycles. The Labute approximate surface area is 103 Å². The molecule has 0 atom stereocenters. The minimum Gasteiger partial charge on any atom is -0.339 e. The smallest absolute Gasteiger partial charge is 0.223 e. The molecule has 0 heterocycles. The molecule has 90 valence electrons. The third-order valence-corrected chi connectivity index (χ3v) is 2.97. The van der Waals surface area contributed by atoms with Crippen LogP contribution < -0.4 is 0 Å². The Morgan fingerprint density at radius 2 is 1.80 bits per heavy atom. The van der Waals surface area contributed by atoms with Crippen molar-refractivity contribution in [2.24, 2.45) is 5.92 Å². The molecule has 0 bridgehead atoms. The lowest BCUT2D eigenvalue weighted by molar-refractivity contribution is -0.134. The highest BCUT2D eigenvalue weighted by Gasteiger charge is 2.20. The maximum absolute atomic E-state index is 12.0. The van der Waals surface area contributed by atoms with Gasteiger partial charge in [0.25, 0.3) is 0 Å². The quantitative estimate of drug-likeness (QED) is 0.653. The first-order valence-electron chi connectivity index (χ1n) is 5.92. The van der Waals surface area contributed by atoms with Crippen molar-refractivity contribution in [1.29, 1.82) is 0 Å². The SMILES string of the molecule is CCC(CC)N(CCBr)C(=O)CC(C)C. The van der Waals surface area contributed by atoms with Crippen LogP contribution in [0, 0.1) is 5.92 Å². The molecule has 0 aliphatic heterocycles. The lowest BCUT2D eigenvalue weighted by atomic mass is 10.1. The summed E-state index contributed by atoms with van der Waals surface area (Å²) in [4.78, 5) is 14.0. The largest absolute Gasteiger partial charge is 0.339 e. The van der Waals surface area contributed by atoms with Gasteiger partial charge >= 0.3 is 0 Å². The highest BCUT2D eigenvalue weighted by Crippen LogP contribution is 2.13. The van der Waals surface area contributed by atoms with Gasteiger partial charge in [-0.25, -0.2) is 0 Å². The molecule has 0 fully saturated rings. The molecule has 0 aromatic heterocycles. The van der Waals surface area contributed by atoms with E-state index in [1.54, 1.807) is 0 Å². The second kappa shape index (κ2) is 8.14. The second-order valence-electron chi connectivity index (χ2n) is 4.34. The first-order valence-corrected chi connectivity index (χ1v) is 7.04. The highest BCUT2D eigenvalue weighted by atomic mass is 79.9. The Balaban J connectivity index is 4.41. The van der Waals surface area contributed by atoms with Crippen LogP contribution in [0.15, 0.2) is 0 Å². The molecule has 3 heteroatoms. The molecule has 0 N–H and O–H groups in total. The molecular weight excluding hydrogens is 254 g/mol. The molecule has 0 rings (SSSR count). The summed E-state index contributed by atoms with van der Waals surface area (Å²) >= 11 is 3.42. The van der Waals surface area contributed by atoms with Crippen LogP contribution in [0.2, 0.25) is 0 Å². The normalized spacial score (nSPS) is 11.1. The number of alkyl halides is 1. The molecule has 0 aromatic rings. The van der Waals surface area contributed by atoms with E-state index in [1.165, 1.54) is 0 Å². The van der Waals surface area contributed by atoms with Gasteiger partial charge in [0.2, 0.25) is 5.91 Å². The van der Waals surface area contributed by atoms with Crippen molar-refractivity contribution in [1.82, 2.24) is 4.90 Å². The topological polar surface area (TPSA) is 20.3 Å². The molecule has 0 unspecified atom stereocenters. The number of amides is 1. The molecule has 0 aromatic carbocycles. The fraction of sp³-hybridized carbons (Fsp3) is 0.917. The van der Waals surface area contributed by atoms with Crippen molar-refractivity contribution in [2.45, 2.75) is 53.0 Å². The summed E-state index contributed by atoms with van der Waals surface area (Å²) in [5.74, 6) is 0.753. The molecule has 0 saturated heterocycles. The lowest BCUT2D eigenvalue weighted by Gasteiger charge is -2.30.